The molecule has 0 fully saturated rings. The summed E-state index contributed by atoms with van der Waals surface area (Å²) in [5.41, 5.74) is 3.20. The number of halogens is 3. The van der Waals surface area contributed by atoms with Crippen molar-refractivity contribution in [3.63, 3.8) is 0 Å². The SMILES string of the molecule is CCCCNC(=O)C(Cc1ccccc1)N(Cc1c(Cl)cccc1Cl)C(=O)COc1cc(C)c(Cl)c(C)c1. The summed E-state index contributed by atoms with van der Waals surface area (Å²) in [5.74, 6) is -0.0738. The van der Waals surface area contributed by atoms with Crippen LogP contribution in [0.1, 0.15) is 42.0 Å². The van der Waals surface area contributed by atoms with Gasteiger partial charge in [0, 0.05) is 40.1 Å². The van der Waals surface area contributed by atoms with Crippen LogP contribution in [0.2, 0.25) is 15.1 Å². The molecule has 202 valence electrons. The Bertz CT molecular complexity index is 1210. The van der Waals surface area contributed by atoms with Gasteiger partial charge in [-0.3, -0.25) is 9.59 Å². The number of ether oxygens (including phenoxy) is 1. The third-order valence-corrected chi connectivity index (χ3v) is 7.57. The van der Waals surface area contributed by atoms with Gasteiger partial charge in [-0.25, -0.2) is 0 Å². The number of carbonyl (C=O) groups excluding carboxylic acids is 2. The molecular formula is C30H33Cl3N2O3. The lowest BCUT2D eigenvalue weighted by molar-refractivity contribution is -0.142. The lowest BCUT2D eigenvalue weighted by Crippen LogP contribution is -2.52. The van der Waals surface area contributed by atoms with Crippen LogP contribution in [-0.4, -0.2) is 35.9 Å². The van der Waals surface area contributed by atoms with Crippen molar-refractivity contribution < 1.29 is 14.3 Å². The van der Waals surface area contributed by atoms with Gasteiger partial charge in [-0.1, -0.05) is 84.5 Å². The van der Waals surface area contributed by atoms with E-state index in [2.05, 4.69) is 12.2 Å². The molecule has 0 radical (unpaired) electrons. The first-order chi connectivity index (χ1) is 18.2. The van der Waals surface area contributed by atoms with Gasteiger partial charge in [0.15, 0.2) is 6.61 Å². The standard InChI is InChI=1S/C30H33Cl3N2O3/c1-4-5-14-34-30(37)27(17-22-10-7-6-8-11-22)35(18-24-25(31)12-9-13-26(24)32)28(36)19-38-23-15-20(2)29(33)21(3)16-23/h6-13,15-16,27H,4-5,14,17-19H2,1-3H3,(H,34,37). The van der Waals surface area contributed by atoms with E-state index >= 15 is 0 Å². The Morgan fingerprint density at radius 3 is 2.18 bits per heavy atom. The van der Waals surface area contributed by atoms with Crippen molar-refractivity contribution in [3.8, 4) is 5.75 Å². The molecule has 2 amide bonds. The van der Waals surface area contributed by atoms with Crippen LogP contribution < -0.4 is 10.1 Å². The molecule has 0 aromatic heterocycles. The first kappa shape index (κ1) is 29.8. The van der Waals surface area contributed by atoms with Gasteiger partial charge >= 0.3 is 0 Å². The molecule has 8 heteroatoms. The molecule has 0 heterocycles. The normalized spacial score (nSPS) is 11.6. The molecule has 1 N–H and O–H groups in total. The van der Waals surface area contributed by atoms with E-state index in [-0.39, 0.29) is 25.0 Å². The molecule has 0 saturated heterocycles. The van der Waals surface area contributed by atoms with E-state index in [1.165, 1.54) is 4.90 Å². The summed E-state index contributed by atoms with van der Waals surface area (Å²) in [4.78, 5) is 28.8. The minimum absolute atomic E-state index is 0.0536. The van der Waals surface area contributed by atoms with Gasteiger partial charge < -0.3 is 15.0 Å². The minimum atomic E-state index is -0.800. The van der Waals surface area contributed by atoms with Crippen LogP contribution in [-0.2, 0) is 22.6 Å². The molecule has 0 aliphatic rings. The maximum Gasteiger partial charge on any atom is 0.261 e. The van der Waals surface area contributed by atoms with Crippen molar-refractivity contribution in [1.82, 2.24) is 10.2 Å². The molecule has 38 heavy (non-hydrogen) atoms. The number of amides is 2. The molecule has 0 saturated carbocycles. The number of unbranched alkanes of at least 4 members (excludes halogenated alkanes) is 1. The van der Waals surface area contributed by atoms with Crippen molar-refractivity contribution >= 4 is 46.6 Å². The zero-order valence-corrected chi connectivity index (χ0v) is 24.2. The Balaban J connectivity index is 1.95. The maximum absolute atomic E-state index is 13.8. The second-order valence-electron chi connectivity index (χ2n) is 9.23. The molecule has 5 nitrogen and oxygen atoms in total. The molecule has 3 aromatic carbocycles. The second kappa shape index (κ2) is 14.4. The summed E-state index contributed by atoms with van der Waals surface area (Å²) in [6.45, 7) is 6.13. The van der Waals surface area contributed by atoms with Crippen molar-refractivity contribution in [2.75, 3.05) is 13.2 Å². The van der Waals surface area contributed by atoms with Gasteiger partial charge in [0.25, 0.3) is 5.91 Å². The molecule has 3 rings (SSSR count). The second-order valence-corrected chi connectivity index (χ2v) is 10.4. The molecule has 1 unspecified atom stereocenters. The van der Waals surface area contributed by atoms with E-state index in [4.69, 9.17) is 39.5 Å². The number of nitrogens with zero attached hydrogens (tertiary/aromatic N) is 1. The summed E-state index contributed by atoms with van der Waals surface area (Å²) >= 11 is 19.3. The Morgan fingerprint density at radius 2 is 1.58 bits per heavy atom. The number of benzene rings is 3. The van der Waals surface area contributed by atoms with Crippen LogP contribution in [0.25, 0.3) is 0 Å². The van der Waals surface area contributed by atoms with Crippen LogP contribution in [0.4, 0.5) is 0 Å². The van der Waals surface area contributed by atoms with Crippen molar-refractivity contribution in [2.45, 2.75) is 52.6 Å². The van der Waals surface area contributed by atoms with Gasteiger partial charge in [-0.05, 0) is 61.2 Å². The monoisotopic (exact) mass is 574 g/mol. The molecule has 0 bridgehead atoms. The van der Waals surface area contributed by atoms with Crippen molar-refractivity contribution in [3.05, 3.63) is 98.0 Å². The molecule has 1 atom stereocenters. The van der Waals surface area contributed by atoms with E-state index in [0.29, 0.717) is 39.3 Å². The lowest BCUT2D eigenvalue weighted by atomic mass is 10.0. The summed E-state index contributed by atoms with van der Waals surface area (Å²) in [7, 11) is 0. The number of hydrogen-bond acceptors (Lipinski definition) is 3. The van der Waals surface area contributed by atoms with Gasteiger partial charge in [-0.2, -0.15) is 0 Å². The molecule has 0 aliphatic heterocycles. The quantitative estimate of drug-likeness (QED) is 0.232. The van der Waals surface area contributed by atoms with Gasteiger partial charge in [0.05, 0.1) is 0 Å². The smallest absolute Gasteiger partial charge is 0.261 e. The molecule has 0 spiro atoms. The highest BCUT2D eigenvalue weighted by molar-refractivity contribution is 6.36. The first-order valence-electron chi connectivity index (χ1n) is 12.6. The number of aryl methyl sites for hydroxylation is 2. The van der Waals surface area contributed by atoms with Gasteiger partial charge in [0.1, 0.15) is 11.8 Å². The van der Waals surface area contributed by atoms with Crippen molar-refractivity contribution in [1.29, 1.82) is 0 Å². The zero-order valence-electron chi connectivity index (χ0n) is 21.9. The number of rotatable bonds is 12. The van der Waals surface area contributed by atoms with E-state index < -0.39 is 6.04 Å². The van der Waals surface area contributed by atoms with E-state index in [1.807, 2.05) is 44.2 Å². The van der Waals surface area contributed by atoms with Crippen molar-refractivity contribution in [2.24, 2.45) is 0 Å². The molecule has 3 aromatic rings. The Morgan fingerprint density at radius 1 is 0.947 bits per heavy atom. The summed E-state index contributed by atoms with van der Waals surface area (Å²) < 4.78 is 5.89. The number of carbonyl (C=O) groups is 2. The molecule has 0 aliphatic carbocycles. The predicted octanol–water partition coefficient (Wildman–Crippen LogP) is 7.20. The number of nitrogens with one attached hydrogen (secondary N) is 1. The summed E-state index contributed by atoms with van der Waals surface area (Å²) in [6.07, 6.45) is 2.10. The average Bonchev–Trinajstić information content (AvgIpc) is 2.90. The fourth-order valence-electron chi connectivity index (χ4n) is 4.13. The predicted molar refractivity (Wildman–Crippen MR) is 155 cm³/mol. The van der Waals surface area contributed by atoms with E-state index in [0.717, 1.165) is 29.5 Å². The molecular weight excluding hydrogens is 543 g/mol. The van der Waals surface area contributed by atoms with E-state index in [1.54, 1.807) is 30.3 Å². The fraction of sp³-hybridized carbons (Fsp3) is 0.333. The highest BCUT2D eigenvalue weighted by atomic mass is 35.5. The third-order valence-electron chi connectivity index (χ3n) is 6.26. The first-order valence-corrected chi connectivity index (χ1v) is 13.8. The van der Waals surface area contributed by atoms with Gasteiger partial charge in [-0.15, -0.1) is 0 Å². The van der Waals surface area contributed by atoms with E-state index in [9.17, 15) is 9.59 Å². The Labute approximate surface area is 240 Å². The third kappa shape index (κ3) is 8.13. The zero-order chi connectivity index (χ0) is 27.7. The Hall–Kier alpha value is -2.73. The maximum atomic E-state index is 13.8. The van der Waals surface area contributed by atoms with Crippen LogP contribution in [0, 0.1) is 13.8 Å². The van der Waals surface area contributed by atoms with Crippen LogP contribution in [0.15, 0.2) is 60.7 Å². The lowest BCUT2D eigenvalue weighted by Gasteiger charge is -2.32. The number of hydrogen-bond donors (Lipinski definition) is 1. The fourth-order valence-corrected chi connectivity index (χ4v) is 4.76. The topological polar surface area (TPSA) is 58.6 Å². The minimum Gasteiger partial charge on any atom is -0.484 e. The van der Waals surface area contributed by atoms with Crippen LogP contribution in [0.3, 0.4) is 0 Å². The average molecular weight is 576 g/mol. The van der Waals surface area contributed by atoms with Crippen LogP contribution in [0.5, 0.6) is 5.75 Å². The summed E-state index contributed by atoms with van der Waals surface area (Å²) in [5, 5.41) is 4.50. The highest BCUT2D eigenvalue weighted by Crippen LogP contribution is 2.28. The largest absolute Gasteiger partial charge is 0.484 e. The summed E-state index contributed by atoms with van der Waals surface area (Å²) in [6, 6.07) is 17.6. The van der Waals surface area contributed by atoms with Gasteiger partial charge in [0.2, 0.25) is 5.91 Å². The Kier molecular flexibility index (Phi) is 11.3. The highest BCUT2D eigenvalue weighted by Gasteiger charge is 2.31. The van der Waals surface area contributed by atoms with Crippen LogP contribution >= 0.6 is 34.8 Å².